The van der Waals surface area contributed by atoms with E-state index in [9.17, 15) is 4.79 Å². The van der Waals surface area contributed by atoms with E-state index in [1.54, 1.807) is 38.7 Å². The number of nitrogens with one attached hydrogen (secondary N) is 1. The lowest BCUT2D eigenvalue weighted by molar-refractivity contribution is 0.0682. The number of piperidine rings is 1. The third kappa shape index (κ3) is 4.04. The van der Waals surface area contributed by atoms with Crippen LogP contribution in [0.15, 0.2) is 30.6 Å². The quantitative estimate of drug-likeness (QED) is 0.887. The fraction of sp³-hybridized carbons (Fsp3) is 0.421. The molecule has 1 aromatic carbocycles. The number of likely N-dealkylation sites (tertiary alicyclic amines) is 1. The summed E-state index contributed by atoms with van der Waals surface area (Å²) in [6.45, 7) is 3.77. The van der Waals surface area contributed by atoms with Crippen LogP contribution in [0.25, 0.3) is 0 Å². The lowest BCUT2D eigenvalue weighted by Gasteiger charge is -2.30. The van der Waals surface area contributed by atoms with Crippen LogP contribution < -0.4 is 14.8 Å². The summed E-state index contributed by atoms with van der Waals surface area (Å²) in [4.78, 5) is 23.0. The second-order valence-electron chi connectivity index (χ2n) is 6.49. The number of hydrogen-bond donors (Lipinski definition) is 1. The summed E-state index contributed by atoms with van der Waals surface area (Å²) < 4.78 is 10.5. The van der Waals surface area contributed by atoms with Gasteiger partial charge in [0.2, 0.25) is 5.95 Å². The molecule has 2 aromatic rings. The number of ether oxygens (including phenoxy) is 2. The normalized spacial score (nSPS) is 16.9. The fourth-order valence-corrected chi connectivity index (χ4v) is 3.10. The molecular formula is C19H24N4O3. The first kappa shape index (κ1) is 18.0. The number of rotatable bonds is 5. The van der Waals surface area contributed by atoms with Gasteiger partial charge in [-0.25, -0.2) is 9.97 Å². The third-order valence-electron chi connectivity index (χ3n) is 4.48. The van der Waals surface area contributed by atoms with Crippen molar-refractivity contribution in [3.8, 4) is 11.5 Å². The predicted molar refractivity (Wildman–Crippen MR) is 99.2 cm³/mol. The molecule has 1 aliphatic heterocycles. The maximum Gasteiger partial charge on any atom is 0.257 e. The maximum absolute atomic E-state index is 12.6. The van der Waals surface area contributed by atoms with E-state index in [0.29, 0.717) is 28.9 Å². The lowest BCUT2D eigenvalue weighted by Crippen LogP contribution is -2.39. The van der Waals surface area contributed by atoms with E-state index < -0.39 is 0 Å². The number of carbonyl (C=O) groups excluding carboxylic acids is 1. The molecule has 0 radical (unpaired) electrons. The molecule has 1 atom stereocenters. The molecule has 1 amide bonds. The number of aromatic nitrogens is 2. The molecule has 1 unspecified atom stereocenters. The fourth-order valence-electron chi connectivity index (χ4n) is 3.10. The topological polar surface area (TPSA) is 76.6 Å². The molecule has 3 rings (SSSR count). The summed E-state index contributed by atoms with van der Waals surface area (Å²) in [6, 6.07) is 5.45. The number of hydrogen-bond acceptors (Lipinski definition) is 6. The minimum atomic E-state index is -0.00535. The summed E-state index contributed by atoms with van der Waals surface area (Å²) in [5.41, 5.74) is 1.28. The zero-order chi connectivity index (χ0) is 18.5. The molecule has 1 N–H and O–H groups in total. The van der Waals surface area contributed by atoms with Crippen LogP contribution in [0.4, 0.5) is 11.6 Å². The molecule has 0 aliphatic carbocycles. The zero-order valence-electron chi connectivity index (χ0n) is 15.4. The highest BCUT2D eigenvalue weighted by molar-refractivity contribution is 5.93. The first-order valence-corrected chi connectivity index (χ1v) is 8.71. The molecule has 2 heterocycles. The first-order valence-electron chi connectivity index (χ1n) is 8.71. The van der Waals surface area contributed by atoms with Gasteiger partial charge in [0.1, 0.15) is 0 Å². The highest BCUT2D eigenvalue weighted by atomic mass is 16.5. The standard InChI is InChI=1S/C19H24N4O3/c1-13-5-4-8-23(12-13)18(24)14-10-20-19(21-11-14)22-15-6-7-16(25-2)17(9-15)26-3/h6-7,9-11,13H,4-5,8,12H2,1-3H3,(H,20,21,22). The van der Waals surface area contributed by atoms with Gasteiger partial charge in [-0.1, -0.05) is 6.92 Å². The highest BCUT2D eigenvalue weighted by Gasteiger charge is 2.22. The molecule has 1 aliphatic rings. The Morgan fingerprint density at radius 2 is 1.92 bits per heavy atom. The molecular weight excluding hydrogens is 332 g/mol. The SMILES string of the molecule is COc1ccc(Nc2ncc(C(=O)N3CCCC(C)C3)cn2)cc1OC. The number of carbonyl (C=O) groups is 1. The second-order valence-corrected chi connectivity index (χ2v) is 6.49. The Hall–Kier alpha value is -2.83. The maximum atomic E-state index is 12.6. The van der Waals surface area contributed by atoms with Crippen LogP contribution in [0.1, 0.15) is 30.1 Å². The van der Waals surface area contributed by atoms with Crippen LogP contribution >= 0.6 is 0 Å². The molecule has 7 nitrogen and oxygen atoms in total. The van der Waals surface area contributed by atoms with Crippen LogP contribution in [-0.2, 0) is 0 Å². The molecule has 0 spiro atoms. The van der Waals surface area contributed by atoms with Gasteiger partial charge >= 0.3 is 0 Å². The van der Waals surface area contributed by atoms with E-state index in [1.807, 2.05) is 11.0 Å². The average molecular weight is 356 g/mol. The van der Waals surface area contributed by atoms with E-state index >= 15 is 0 Å². The Bertz CT molecular complexity index is 764. The van der Waals surface area contributed by atoms with Gasteiger partial charge < -0.3 is 19.7 Å². The number of methoxy groups -OCH3 is 2. The van der Waals surface area contributed by atoms with Crippen molar-refractivity contribution in [1.82, 2.24) is 14.9 Å². The molecule has 1 saturated heterocycles. The van der Waals surface area contributed by atoms with E-state index in [-0.39, 0.29) is 5.91 Å². The first-order chi connectivity index (χ1) is 12.6. The predicted octanol–water partition coefficient (Wildman–Crippen LogP) is 3.11. The minimum Gasteiger partial charge on any atom is -0.493 e. The molecule has 26 heavy (non-hydrogen) atoms. The Morgan fingerprint density at radius 3 is 2.58 bits per heavy atom. The number of anilines is 2. The van der Waals surface area contributed by atoms with Crippen molar-refractivity contribution < 1.29 is 14.3 Å². The van der Waals surface area contributed by atoms with Crippen molar-refractivity contribution >= 4 is 17.5 Å². The van der Waals surface area contributed by atoms with Crippen LogP contribution in [-0.4, -0.2) is 48.1 Å². The van der Waals surface area contributed by atoms with Gasteiger partial charge in [0, 0.05) is 37.2 Å². The summed E-state index contributed by atoms with van der Waals surface area (Å²) in [6.07, 6.45) is 5.36. The molecule has 0 bridgehead atoms. The Kier molecular flexibility index (Phi) is 5.55. The van der Waals surface area contributed by atoms with Crippen molar-refractivity contribution in [2.24, 2.45) is 5.92 Å². The Morgan fingerprint density at radius 1 is 1.19 bits per heavy atom. The van der Waals surface area contributed by atoms with E-state index in [0.717, 1.165) is 25.2 Å². The molecule has 0 saturated carbocycles. The molecule has 1 fully saturated rings. The average Bonchev–Trinajstić information content (AvgIpc) is 2.68. The van der Waals surface area contributed by atoms with Crippen molar-refractivity contribution in [2.45, 2.75) is 19.8 Å². The van der Waals surface area contributed by atoms with Crippen LogP contribution in [0.5, 0.6) is 11.5 Å². The Labute approximate surface area is 153 Å². The number of amides is 1. The van der Waals surface area contributed by atoms with Gasteiger partial charge in [0.25, 0.3) is 5.91 Å². The van der Waals surface area contributed by atoms with Crippen molar-refractivity contribution in [1.29, 1.82) is 0 Å². The largest absolute Gasteiger partial charge is 0.493 e. The zero-order valence-corrected chi connectivity index (χ0v) is 15.4. The van der Waals surface area contributed by atoms with Crippen molar-refractivity contribution in [2.75, 3.05) is 32.6 Å². The lowest BCUT2D eigenvalue weighted by atomic mass is 10.00. The Balaban J connectivity index is 1.69. The van der Waals surface area contributed by atoms with Gasteiger partial charge in [0.05, 0.1) is 19.8 Å². The van der Waals surface area contributed by atoms with Crippen LogP contribution in [0.3, 0.4) is 0 Å². The highest BCUT2D eigenvalue weighted by Crippen LogP contribution is 2.30. The summed E-state index contributed by atoms with van der Waals surface area (Å²) in [5, 5.41) is 3.10. The van der Waals surface area contributed by atoms with Gasteiger partial charge in [-0.15, -0.1) is 0 Å². The van der Waals surface area contributed by atoms with Gasteiger partial charge in [-0.2, -0.15) is 0 Å². The number of benzene rings is 1. The summed E-state index contributed by atoms with van der Waals surface area (Å²) in [7, 11) is 3.17. The summed E-state index contributed by atoms with van der Waals surface area (Å²) in [5.74, 6) is 2.22. The van der Waals surface area contributed by atoms with Crippen molar-refractivity contribution in [3.05, 3.63) is 36.2 Å². The molecule has 1 aromatic heterocycles. The van der Waals surface area contributed by atoms with Crippen molar-refractivity contribution in [3.63, 3.8) is 0 Å². The van der Waals surface area contributed by atoms with E-state index in [2.05, 4.69) is 22.2 Å². The molecule has 7 heteroatoms. The smallest absolute Gasteiger partial charge is 0.257 e. The second kappa shape index (κ2) is 8.03. The van der Waals surface area contributed by atoms with Crippen LogP contribution in [0, 0.1) is 5.92 Å². The summed E-state index contributed by atoms with van der Waals surface area (Å²) >= 11 is 0. The number of nitrogens with zero attached hydrogens (tertiary/aromatic N) is 3. The third-order valence-corrected chi connectivity index (χ3v) is 4.48. The molecule has 138 valence electrons. The monoisotopic (exact) mass is 356 g/mol. The van der Waals surface area contributed by atoms with E-state index in [1.165, 1.54) is 6.42 Å². The van der Waals surface area contributed by atoms with Gasteiger partial charge in [-0.3, -0.25) is 4.79 Å². The van der Waals surface area contributed by atoms with Crippen LogP contribution in [0.2, 0.25) is 0 Å². The minimum absolute atomic E-state index is 0.00535. The van der Waals surface area contributed by atoms with Gasteiger partial charge in [0.15, 0.2) is 11.5 Å². The van der Waals surface area contributed by atoms with E-state index in [4.69, 9.17) is 9.47 Å². The van der Waals surface area contributed by atoms with Gasteiger partial charge in [-0.05, 0) is 30.9 Å².